The summed E-state index contributed by atoms with van der Waals surface area (Å²) in [6.45, 7) is 0.580. The molecule has 4 heterocycles. The lowest BCUT2D eigenvalue weighted by atomic mass is 10.0. The predicted molar refractivity (Wildman–Crippen MR) is 131 cm³/mol. The quantitative estimate of drug-likeness (QED) is 0.321. The second-order valence-corrected chi connectivity index (χ2v) is 8.24. The summed E-state index contributed by atoms with van der Waals surface area (Å²) in [6, 6.07) is 20.3. The van der Waals surface area contributed by atoms with Crippen molar-refractivity contribution in [2.75, 3.05) is 7.11 Å². The first-order valence-electron chi connectivity index (χ1n) is 10.8. The number of furan rings is 1. The number of nitrogens with zero attached hydrogens (tertiary/aromatic N) is 3. The van der Waals surface area contributed by atoms with E-state index in [1.807, 2.05) is 54.6 Å². The number of thiocarbonyl (C=S) groups is 1. The van der Waals surface area contributed by atoms with Crippen molar-refractivity contribution in [1.82, 2.24) is 20.2 Å². The van der Waals surface area contributed by atoms with Crippen molar-refractivity contribution in [3.8, 4) is 11.3 Å². The van der Waals surface area contributed by atoms with Crippen LogP contribution in [-0.4, -0.2) is 33.1 Å². The van der Waals surface area contributed by atoms with Crippen LogP contribution in [0, 0.1) is 0 Å². The van der Waals surface area contributed by atoms with Gasteiger partial charge < -0.3 is 19.4 Å². The molecule has 0 spiro atoms. The van der Waals surface area contributed by atoms with Gasteiger partial charge in [-0.3, -0.25) is 9.97 Å². The molecule has 0 bridgehead atoms. The summed E-state index contributed by atoms with van der Waals surface area (Å²) in [7, 11) is 1.37. The molecule has 1 aliphatic heterocycles. The lowest BCUT2D eigenvalue weighted by molar-refractivity contribution is 0.0601. The van der Waals surface area contributed by atoms with Crippen LogP contribution in [0.4, 0.5) is 0 Å². The van der Waals surface area contributed by atoms with Crippen LogP contribution in [0.25, 0.3) is 11.3 Å². The van der Waals surface area contributed by atoms with E-state index in [-0.39, 0.29) is 12.1 Å². The molecule has 2 atom stereocenters. The molecule has 7 nitrogen and oxygen atoms in total. The van der Waals surface area contributed by atoms with Crippen molar-refractivity contribution in [1.29, 1.82) is 0 Å². The van der Waals surface area contributed by atoms with Crippen LogP contribution >= 0.6 is 12.2 Å². The van der Waals surface area contributed by atoms with Crippen LogP contribution in [0.3, 0.4) is 0 Å². The van der Waals surface area contributed by atoms with Gasteiger partial charge in [0.2, 0.25) is 0 Å². The zero-order valence-corrected chi connectivity index (χ0v) is 19.2. The Labute approximate surface area is 202 Å². The summed E-state index contributed by atoms with van der Waals surface area (Å²) in [4.78, 5) is 23.1. The second kappa shape index (κ2) is 9.44. The molecule has 170 valence electrons. The van der Waals surface area contributed by atoms with Crippen molar-refractivity contribution in [2.24, 2.45) is 0 Å². The van der Waals surface area contributed by atoms with Crippen LogP contribution in [0.2, 0.25) is 0 Å². The van der Waals surface area contributed by atoms with E-state index in [1.54, 1.807) is 30.7 Å². The van der Waals surface area contributed by atoms with E-state index in [0.29, 0.717) is 34.3 Å². The summed E-state index contributed by atoms with van der Waals surface area (Å²) in [5.41, 5.74) is 3.05. The molecular formula is C26H22N4O3S. The van der Waals surface area contributed by atoms with E-state index < -0.39 is 5.97 Å². The molecule has 0 unspecified atom stereocenters. The molecule has 0 amide bonds. The molecule has 1 aliphatic rings. The first-order valence-corrected chi connectivity index (χ1v) is 11.2. The van der Waals surface area contributed by atoms with E-state index in [1.165, 1.54) is 7.11 Å². The van der Waals surface area contributed by atoms with Gasteiger partial charge in [-0.05, 0) is 60.2 Å². The Bertz CT molecular complexity index is 1310. The average molecular weight is 471 g/mol. The Morgan fingerprint density at radius 2 is 1.85 bits per heavy atom. The smallest absolute Gasteiger partial charge is 0.338 e. The van der Waals surface area contributed by atoms with Crippen LogP contribution in [0.15, 0.2) is 89.7 Å². The predicted octanol–water partition coefficient (Wildman–Crippen LogP) is 4.70. The zero-order chi connectivity index (χ0) is 23.5. The monoisotopic (exact) mass is 470 g/mol. The lowest BCUT2D eigenvalue weighted by Crippen LogP contribution is -2.29. The van der Waals surface area contributed by atoms with E-state index in [0.717, 1.165) is 11.3 Å². The number of ether oxygens (including phenoxy) is 1. The van der Waals surface area contributed by atoms with E-state index in [4.69, 9.17) is 21.4 Å². The molecule has 3 aromatic heterocycles. The molecule has 5 rings (SSSR count). The Kier molecular flexibility index (Phi) is 6.05. The molecule has 8 heteroatoms. The highest BCUT2D eigenvalue weighted by Crippen LogP contribution is 2.41. The molecule has 0 aliphatic carbocycles. The molecule has 0 saturated carbocycles. The molecule has 0 radical (unpaired) electrons. The largest absolute Gasteiger partial charge is 0.465 e. The number of hydrogen-bond acceptors (Lipinski definition) is 6. The molecule has 1 saturated heterocycles. The van der Waals surface area contributed by atoms with E-state index >= 15 is 0 Å². The number of pyridine rings is 2. The average Bonchev–Trinajstić information content (AvgIpc) is 3.49. The topological polar surface area (TPSA) is 80.5 Å². The lowest BCUT2D eigenvalue weighted by Gasteiger charge is -2.26. The zero-order valence-electron chi connectivity index (χ0n) is 18.4. The van der Waals surface area contributed by atoms with Crippen LogP contribution in [-0.2, 0) is 11.3 Å². The van der Waals surface area contributed by atoms with Gasteiger partial charge >= 0.3 is 5.97 Å². The number of aromatic nitrogens is 2. The van der Waals surface area contributed by atoms with Gasteiger partial charge in [0.15, 0.2) is 5.11 Å². The number of methoxy groups -OCH3 is 1. The standard InChI is InChI=1S/C26H22N4O3S/c1-32-25(31)19-7-3-2-6-18(19)21-9-10-22(33-21)24-23(20-8-4-5-13-28-20)29-26(34)30(24)16-17-11-14-27-15-12-17/h2-15,23-24H,16H2,1H3,(H,29,34)/t23-,24+/m1/s1. The molecule has 1 fully saturated rings. The van der Waals surface area contributed by atoms with Crippen molar-refractivity contribution >= 4 is 23.3 Å². The van der Waals surface area contributed by atoms with Crippen molar-refractivity contribution in [3.63, 3.8) is 0 Å². The third-order valence-electron chi connectivity index (χ3n) is 5.82. The maximum Gasteiger partial charge on any atom is 0.338 e. The molecule has 1 N–H and O–H groups in total. The number of hydrogen-bond donors (Lipinski definition) is 1. The summed E-state index contributed by atoms with van der Waals surface area (Å²) in [6.07, 6.45) is 5.30. The van der Waals surface area contributed by atoms with Gasteiger partial charge in [0.1, 0.15) is 17.6 Å². The van der Waals surface area contributed by atoms with Crippen LogP contribution < -0.4 is 5.32 Å². The Balaban J connectivity index is 1.55. The fourth-order valence-electron chi connectivity index (χ4n) is 4.21. The number of rotatable bonds is 6. The van der Waals surface area contributed by atoms with Gasteiger partial charge in [0, 0.05) is 30.7 Å². The van der Waals surface area contributed by atoms with Gasteiger partial charge in [-0.15, -0.1) is 0 Å². The maximum atomic E-state index is 12.3. The maximum absolute atomic E-state index is 12.3. The van der Waals surface area contributed by atoms with Crippen molar-refractivity contribution < 1.29 is 13.9 Å². The van der Waals surface area contributed by atoms with Crippen LogP contribution in [0.5, 0.6) is 0 Å². The molecular weight excluding hydrogens is 448 g/mol. The third-order valence-corrected chi connectivity index (χ3v) is 6.17. The minimum atomic E-state index is -0.414. The third kappa shape index (κ3) is 4.15. The molecule has 34 heavy (non-hydrogen) atoms. The summed E-state index contributed by atoms with van der Waals surface area (Å²) >= 11 is 5.73. The summed E-state index contributed by atoms with van der Waals surface area (Å²) in [5, 5.41) is 4.04. The first-order chi connectivity index (χ1) is 16.7. The normalized spacial score (nSPS) is 17.4. The number of nitrogens with one attached hydrogen (secondary N) is 1. The fourth-order valence-corrected chi connectivity index (χ4v) is 4.52. The van der Waals surface area contributed by atoms with Gasteiger partial charge in [0.25, 0.3) is 0 Å². The summed E-state index contributed by atoms with van der Waals surface area (Å²) in [5.74, 6) is 0.882. The van der Waals surface area contributed by atoms with E-state index in [2.05, 4.69) is 20.2 Å². The number of carbonyl (C=O) groups is 1. The van der Waals surface area contributed by atoms with Gasteiger partial charge in [-0.25, -0.2) is 4.79 Å². The summed E-state index contributed by atoms with van der Waals surface area (Å²) < 4.78 is 11.3. The highest BCUT2D eigenvalue weighted by atomic mass is 32.1. The SMILES string of the molecule is COC(=O)c1ccccc1-c1ccc([C@H]2[C@@H](c3ccccn3)NC(=S)N2Cc2ccncc2)o1. The Hall–Kier alpha value is -4.04. The van der Waals surface area contributed by atoms with Gasteiger partial charge in [-0.2, -0.15) is 0 Å². The minimum absolute atomic E-state index is 0.203. The van der Waals surface area contributed by atoms with Crippen molar-refractivity contribution in [3.05, 3.63) is 108 Å². The highest BCUT2D eigenvalue weighted by Gasteiger charge is 2.41. The van der Waals surface area contributed by atoms with Crippen molar-refractivity contribution in [2.45, 2.75) is 18.6 Å². The Morgan fingerprint density at radius 3 is 2.62 bits per heavy atom. The van der Waals surface area contributed by atoms with Gasteiger partial charge in [-0.1, -0.05) is 24.3 Å². The van der Waals surface area contributed by atoms with E-state index in [9.17, 15) is 4.79 Å². The number of benzene rings is 1. The molecule has 1 aromatic carbocycles. The highest BCUT2D eigenvalue weighted by molar-refractivity contribution is 7.80. The number of carbonyl (C=O) groups excluding carboxylic acids is 1. The fraction of sp³-hybridized carbons (Fsp3) is 0.154. The number of esters is 1. The first kappa shape index (κ1) is 21.8. The molecule has 4 aromatic rings. The van der Waals surface area contributed by atoms with Gasteiger partial charge in [0.05, 0.1) is 24.4 Å². The minimum Gasteiger partial charge on any atom is -0.465 e. The Morgan fingerprint density at radius 1 is 1.06 bits per heavy atom. The van der Waals surface area contributed by atoms with Crippen LogP contribution in [0.1, 0.15) is 39.5 Å². The second-order valence-electron chi connectivity index (χ2n) is 7.85.